The monoisotopic (exact) mass is 558 g/mol. The summed E-state index contributed by atoms with van der Waals surface area (Å²) < 4.78 is 75.9. The third kappa shape index (κ3) is 5.24. The zero-order valence-electron chi connectivity index (χ0n) is 22.1. The van der Waals surface area contributed by atoms with Gasteiger partial charge in [0.2, 0.25) is 0 Å². The molecule has 1 aliphatic rings. The van der Waals surface area contributed by atoms with E-state index in [9.17, 15) is 26.7 Å². The maximum Gasteiger partial charge on any atom is 0.433 e. The first kappa shape index (κ1) is 27.5. The zero-order chi connectivity index (χ0) is 28.8. The van der Waals surface area contributed by atoms with Crippen molar-refractivity contribution in [3.05, 3.63) is 88.1 Å². The summed E-state index contributed by atoms with van der Waals surface area (Å²) in [5.41, 5.74) is 1.13. The molecule has 5 rings (SSSR count). The van der Waals surface area contributed by atoms with Gasteiger partial charge in [-0.25, -0.2) is 18.7 Å². The number of aryl methyl sites for hydroxylation is 2. The van der Waals surface area contributed by atoms with Gasteiger partial charge in [0.25, 0.3) is 0 Å². The molecule has 3 aromatic heterocycles. The second kappa shape index (κ2) is 10.5. The van der Waals surface area contributed by atoms with E-state index in [2.05, 4.69) is 15.3 Å². The predicted octanol–water partition coefficient (Wildman–Crippen LogP) is 7.17. The minimum Gasteiger partial charge on any atom is -0.485 e. The Balaban J connectivity index is 1.48. The molecule has 1 N–H and O–H groups in total. The Kier molecular flexibility index (Phi) is 7.24. The molecule has 4 heterocycles. The minimum absolute atomic E-state index is 0.0202. The molecule has 0 radical (unpaired) electrons. The number of halogens is 5. The standard InChI is InChI=1S/C29H27F5N4O2/c1-4-18-11-17(26-22(36-18)8-9-25(37-26)29(32,33)34)12-23(39)27-16(3)35-28-24(10-15(2)13-38(27)28)40-14-19-20(30)6-5-7-21(19)31/h5-10,13,17-18,36H,4,11-12,14H2,1-3H3. The number of pyridine rings is 2. The minimum atomic E-state index is -4.61. The molecule has 1 aromatic carbocycles. The second-order valence-electron chi connectivity index (χ2n) is 10.0. The molecule has 11 heteroatoms. The van der Waals surface area contributed by atoms with Gasteiger partial charge in [-0.2, -0.15) is 13.2 Å². The van der Waals surface area contributed by atoms with Crippen LogP contribution in [0.15, 0.2) is 42.6 Å². The maximum absolute atomic E-state index is 14.1. The number of alkyl halides is 3. The Labute approximate surface area is 227 Å². The van der Waals surface area contributed by atoms with Crippen molar-refractivity contribution in [2.45, 2.75) is 64.8 Å². The van der Waals surface area contributed by atoms with Crippen LogP contribution in [0.25, 0.3) is 5.65 Å². The molecule has 2 atom stereocenters. The molecule has 4 aromatic rings. The van der Waals surface area contributed by atoms with Gasteiger partial charge in [0.1, 0.15) is 29.6 Å². The number of ether oxygens (including phenoxy) is 1. The van der Waals surface area contributed by atoms with Gasteiger partial charge >= 0.3 is 6.18 Å². The quantitative estimate of drug-likeness (QED) is 0.192. The summed E-state index contributed by atoms with van der Waals surface area (Å²) >= 11 is 0. The fourth-order valence-corrected chi connectivity index (χ4v) is 5.19. The largest absolute Gasteiger partial charge is 0.485 e. The van der Waals surface area contributed by atoms with Crippen molar-refractivity contribution in [1.29, 1.82) is 0 Å². The van der Waals surface area contributed by atoms with Crippen LogP contribution in [0.4, 0.5) is 27.6 Å². The fraction of sp³-hybridized carbons (Fsp3) is 0.345. The highest BCUT2D eigenvalue weighted by atomic mass is 19.4. The van der Waals surface area contributed by atoms with Crippen molar-refractivity contribution >= 4 is 17.1 Å². The lowest BCUT2D eigenvalue weighted by Crippen LogP contribution is -2.30. The normalized spacial score (nSPS) is 17.0. The number of nitrogens with zero attached hydrogens (tertiary/aromatic N) is 3. The van der Waals surface area contributed by atoms with Crippen molar-refractivity contribution in [1.82, 2.24) is 14.4 Å². The van der Waals surface area contributed by atoms with Crippen LogP contribution in [-0.4, -0.2) is 26.2 Å². The van der Waals surface area contributed by atoms with Crippen LogP contribution in [0.1, 0.15) is 70.8 Å². The summed E-state index contributed by atoms with van der Waals surface area (Å²) in [6.07, 6.45) is -1.81. The third-order valence-corrected chi connectivity index (χ3v) is 7.15. The Bertz CT molecular complexity index is 1580. The van der Waals surface area contributed by atoms with Gasteiger partial charge in [-0.05, 0) is 62.6 Å². The number of benzene rings is 1. The first-order valence-electron chi connectivity index (χ1n) is 12.9. The number of carbonyl (C=O) groups excluding carboxylic acids is 1. The molecule has 210 valence electrons. The Morgan fingerprint density at radius 3 is 2.52 bits per heavy atom. The number of ketones is 1. The van der Waals surface area contributed by atoms with Crippen LogP contribution >= 0.6 is 0 Å². The highest BCUT2D eigenvalue weighted by molar-refractivity contribution is 5.97. The average molecular weight is 559 g/mol. The van der Waals surface area contributed by atoms with Crippen LogP contribution in [0.2, 0.25) is 0 Å². The van der Waals surface area contributed by atoms with E-state index in [1.54, 1.807) is 30.5 Å². The molecule has 0 spiro atoms. The van der Waals surface area contributed by atoms with Gasteiger partial charge in [0.15, 0.2) is 17.2 Å². The molecular formula is C29H27F5N4O2. The van der Waals surface area contributed by atoms with Crippen LogP contribution in [0.3, 0.4) is 0 Å². The number of aromatic nitrogens is 3. The van der Waals surface area contributed by atoms with Gasteiger partial charge in [0, 0.05) is 24.6 Å². The molecule has 0 amide bonds. The first-order chi connectivity index (χ1) is 19.0. The van der Waals surface area contributed by atoms with E-state index < -0.39 is 29.4 Å². The lowest BCUT2D eigenvalue weighted by atomic mass is 9.85. The van der Waals surface area contributed by atoms with Gasteiger partial charge in [0.05, 0.1) is 22.6 Å². The Morgan fingerprint density at radius 2 is 1.85 bits per heavy atom. The number of carbonyl (C=O) groups is 1. The number of rotatable bonds is 7. The van der Waals surface area contributed by atoms with Gasteiger partial charge in [-0.15, -0.1) is 0 Å². The Hall–Kier alpha value is -4.02. The van der Waals surface area contributed by atoms with Crippen molar-refractivity contribution in [2.75, 3.05) is 5.32 Å². The lowest BCUT2D eigenvalue weighted by molar-refractivity contribution is -0.141. The fourth-order valence-electron chi connectivity index (χ4n) is 5.19. The van der Waals surface area contributed by atoms with Gasteiger partial charge in [-0.1, -0.05) is 13.0 Å². The number of Topliss-reactive ketones (excluding diaryl/α,β-unsaturated/α-hetero) is 1. The highest BCUT2D eigenvalue weighted by Gasteiger charge is 2.36. The summed E-state index contributed by atoms with van der Waals surface area (Å²) in [5, 5.41) is 3.23. The molecule has 0 aliphatic carbocycles. The summed E-state index contributed by atoms with van der Waals surface area (Å²) in [7, 11) is 0. The van der Waals surface area contributed by atoms with Gasteiger partial charge < -0.3 is 10.1 Å². The topological polar surface area (TPSA) is 68.5 Å². The van der Waals surface area contributed by atoms with Crippen molar-refractivity contribution in [3.63, 3.8) is 0 Å². The molecule has 6 nitrogen and oxygen atoms in total. The van der Waals surface area contributed by atoms with Gasteiger partial charge in [-0.3, -0.25) is 9.20 Å². The van der Waals surface area contributed by atoms with Crippen LogP contribution in [-0.2, 0) is 12.8 Å². The van der Waals surface area contributed by atoms with Crippen LogP contribution in [0, 0.1) is 25.5 Å². The van der Waals surface area contributed by atoms with E-state index in [0.29, 0.717) is 23.4 Å². The first-order valence-corrected chi connectivity index (χ1v) is 12.9. The second-order valence-corrected chi connectivity index (χ2v) is 10.0. The highest BCUT2D eigenvalue weighted by Crippen LogP contribution is 2.39. The molecule has 2 unspecified atom stereocenters. The lowest BCUT2D eigenvalue weighted by Gasteiger charge is -2.32. The molecule has 1 aliphatic heterocycles. The Morgan fingerprint density at radius 1 is 1.12 bits per heavy atom. The van der Waals surface area contributed by atoms with Crippen LogP contribution < -0.4 is 10.1 Å². The van der Waals surface area contributed by atoms with E-state index in [1.807, 2.05) is 6.92 Å². The SMILES string of the molecule is CCC1CC(CC(=O)c2c(C)nc3c(OCc4c(F)cccc4F)cc(C)cn23)c2nc(C(F)(F)F)ccc2N1. The van der Waals surface area contributed by atoms with Crippen molar-refractivity contribution in [3.8, 4) is 5.75 Å². The number of hydrogen-bond acceptors (Lipinski definition) is 5. The number of anilines is 1. The zero-order valence-corrected chi connectivity index (χ0v) is 22.1. The summed E-state index contributed by atoms with van der Waals surface area (Å²) in [4.78, 5) is 22.1. The van der Waals surface area contributed by atoms with Crippen molar-refractivity contribution in [2.24, 2.45) is 0 Å². The van der Waals surface area contributed by atoms with E-state index in [0.717, 1.165) is 24.6 Å². The maximum atomic E-state index is 14.1. The summed E-state index contributed by atoms with van der Waals surface area (Å²) in [6, 6.07) is 7.49. The summed E-state index contributed by atoms with van der Waals surface area (Å²) in [5.74, 6) is -2.10. The molecule has 0 fully saturated rings. The average Bonchev–Trinajstić information content (AvgIpc) is 3.23. The predicted molar refractivity (Wildman–Crippen MR) is 139 cm³/mol. The smallest absolute Gasteiger partial charge is 0.433 e. The van der Waals surface area contributed by atoms with E-state index in [1.165, 1.54) is 12.1 Å². The van der Waals surface area contributed by atoms with Crippen molar-refractivity contribution < 1.29 is 31.5 Å². The molecule has 0 saturated carbocycles. The summed E-state index contributed by atoms with van der Waals surface area (Å²) in [6.45, 7) is 5.01. The number of imidazole rings is 1. The van der Waals surface area contributed by atoms with E-state index in [4.69, 9.17) is 4.74 Å². The molecule has 0 saturated heterocycles. The van der Waals surface area contributed by atoms with E-state index >= 15 is 0 Å². The van der Waals surface area contributed by atoms with E-state index in [-0.39, 0.29) is 53.2 Å². The number of fused-ring (bicyclic) bond motifs is 2. The third-order valence-electron chi connectivity index (χ3n) is 7.15. The number of nitrogens with one attached hydrogen (secondary N) is 1. The molecular weight excluding hydrogens is 531 g/mol. The molecule has 40 heavy (non-hydrogen) atoms. The van der Waals surface area contributed by atoms with Crippen LogP contribution in [0.5, 0.6) is 5.75 Å². The molecule has 0 bridgehead atoms. The number of hydrogen-bond donors (Lipinski definition) is 1.